The smallest absolute Gasteiger partial charge is 0.231 e. The normalized spacial score (nSPS) is 12.6. The van der Waals surface area contributed by atoms with E-state index in [4.69, 9.17) is 32.7 Å². The van der Waals surface area contributed by atoms with E-state index < -0.39 is 0 Å². The molecule has 3 nitrogen and oxygen atoms in total. The van der Waals surface area contributed by atoms with Crippen LogP contribution in [0.1, 0.15) is 11.1 Å². The first-order valence-electron chi connectivity index (χ1n) is 6.22. The van der Waals surface area contributed by atoms with E-state index in [1.165, 1.54) is 0 Å². The van der Waals surface area contributed by atoms with E-state index in [-0.39, 0.29) is 6.79 Å². The molecule has 20 heavy (non-hydrogen) atoms. The number of fused-ring (bicyclic) bond motifs is 1. The van der Waals surface area contributed by atoms with Crippen LogP contribution in [0.3, 0.4) is 0 Å². The quantitative estimate of drug-likeness (QED) is 0.895. The number of rotatable bonds is 3. The lowest BCUT2D eigenvalue weighted by atomic mass is 10.1. The van der Waals surface area contributed by atoms with Gasteiger partial charge in [0.1, 0.15) is 0 Å². The lowest BCUT2D eigenvalue weighted by Crippen LogP contribution is -2.02. The highest BCUT2D eigenvalue weighted by Crippen LogP contribution is 2.36. The maximum absolute atomic E-state index is 6.21. The second-order valence-electron chi connectivity index (χ2n) is 4.59. The van der Waals surface area contributed by atoms with Crippen LogP contribution in [-0.2, 0) is 6.54 Å². The molecule has 1 aliphatic heterocycles. The first-order chi connectivity index (χ1) is 9.65. The van der Waals surface area contributed by atoms with Crippen molar-refractivity contribution >= 4 is 28.9 Å². The first-order valence-corrected chi connectivity index (χ1v) is 6.98. The summed E-state index contributed by atoms with van der Waals surface area (Å²) in [4.78, 5) is 0. The molecule has 3 rings (SSSR count). The number of para-hydroxylation sites is 1. The molecule has 0 spiro atoms. The molecular weight excluding hydrogens is 297 g/mol. The summed E-state index contributed by atoms with van der Waals surface area (Å²) in [5.74, 6) is 1.56. The Labute approximate surface area is 127 Å². The topological polar surface area (TPSA) is 30.5 Å². The Morgan fingerprint density at radius 1 is 1.15 bits per heavy atom. The van der Waals surface area contributed by atoms with Crippen LogP contribution in [0.25, 0.3) is 0 Å². The van der Waals surface area contributed by atoms with Gasteiger partial charge in [-0.25, -0.2) is 0 Å². The van der Waals surface area contributed by atoms with Crippen LogP contribution in [-0.4, -0.2) is 6.79 Å². The van der Waals surface area contributed by atoms with E-state index in [2.05, 4.69) is 5.32 Å². The van der Waals surface area contributed by atoms with E-state index >= 15 is 0 Å². The number of halogens is 2. The number of aryl methyl sites for hydroxylation is 1. The van der Waals surface area contributed by atoms with Gasteiger partial charge in [0.25, 0.3) is 0 Å². The molecule has 2 aromatic carbocycles. The molecule has 0 radical (unpaired) electrons. The molecule has 0 aromatic heterocycles. The van der Waals surface area contributed by atoms with Crippen LogP contribution in [0.15, 0.2) is 30.3 Å². The monoisotopic (exact) mass is 309 g/mol. The summed E-state index contributed by atoms with van der Waals surface area (Å²) in [6, 6.07) is 9.50. The minimum atomic E-state index is 0.267. The fraction of sp³-hybridized carbons (Fsp3) is 0.200. The highest BCUT2D eigenvalue weighted by molar-refractivity contribution is 6.35. The molecule has 2 aromatic rings. The third-order valence-electron chi connectivity index (χ3n) is 3.20. The van der Waals surface area contributed by atoms with Crippen LogP contribution < -0.4 is 14.8 Å². The number of nitrogens with one attached hydrogen (secondary N) is 1. The predicted octanol–water partition coefficient (Wildman–Crippen LogP) is 4.64. The van der Waals surface area contributed by atoms with Crippen molar-refractivity contribution < 1.29 is 9.47 Å². The fourth-order valence-corrected chi connectivity index (χ4v) is 2.55. The Kier molecular flexibility index (Phi) is 3.64. The molecule has 0 amide bonds. The summed E-state index contributed by atoms with van der Waals surface area (Å²) in [7, 11) is 0. The molecule has 5 heteroatoms. The van der Waals surface area contributed by atoms with Crippen molar-refractivity contribution in [2.45, 2.75) is 13.5 Å². The summed E-state index contributed by atoms with van der Waals surface area (Å²) in [5, 5.41) is 4.61. The summed E-state index contributed by atoms with van der Waals surface area (Å²) in [6.45, 7) is 2.78. The van der Waals surface area contributed by atoms with Crippen molar-refractivity contribution in [1.82, 2.24) is 0 Å². The average Bonchev–Trinajstić information content (AvgIpc) is 2.90. The lowest BCUT2D eigenvalue weighted by Gasteiger charge is -2.11. The third-order valence-corrected chi connectivity index (χ3v) is 3.92. The van der Waals surface area contributed by atoms with Crippen molar-refractivity contribution in [3.05, 3.63) is 51.5 Å². The third kappa shape index (κ3) is 2.51. The van der Waals surface area contributed by atoms with Gasteiger partial charge in [-0.3, -0.25) is 0 Å². The van der Waals surface area contributed by atoms with Gasteiger partial charge in [0, 0.05) is 17.1 Å². The largest absolute Gasteiger partial charge is 0.454 e. The molecule has 0 aliphatic carbocycles. The molecule has 0 fully saturated rings. The van der Waals surface area contributed by atoms with Gasteiger partial charge in [0.2, 0.25) is 6.79 Å². The van der Waals surface area contributed by atoms with E-state index in [1.54, 1.807) is 0 Å². The number of hydrogen-bond acceptors (Lipinski definition) is 3. The van der Waals surface area contributed by atoms with Gasteiger partial charge < -0.3 is 14.8 Å². The maximum atomic E-state index is 6.21. The molecule has 0 unspecified atom stereocenters. The van der Waals surface area contributed by atoms with Gasteiger partial charge in [0.15, 0.2) is 11.5 Å². The Hall–Kier alpha value is -1.58. The zero-order valence-electron chi connectivity index (χ0n) is 10.9. The number of benzene rings is 2. The number of hydrogen-bond donors (Lipinski definition) is 1. The molecule has 1 aliphatic rings. The lowest BCUT2D eigenvalue weighted by molar-refractivity contribution is 0.173. The van der Waals surface area contributed by atoms with Gasteiger partial charge in [-0.2, -0.15) is 0 Å². The summed E-state index contributed by atoms with van der Waals surface area (Å²) in [5.41, 5.74) is 2.78. The molecule has 104 valence electrons. The first kappa shape index (κ1) is 13.4. The van der Waals surface area contributed by atoms with Crippen LogP contribution in [0.2, 0.25) is 10.0 Å². The van der Waals surface area contributed by atoms with Crippen molar-refractivity contribution in [1.29, 1.82) is 0 Å². The van der Waals surface area contributed by atoms with Gasteiger partial charge in [0.05, 0.1) is 10.7 Å². The van der Waals surface area contributed by atoms with Gasteiger partial charge in [-0.05, 0) is 30.7 Å². The Morgan fingerprint density at radius 2 is 2.00 bits per heavy atom. The van der Waals surface area contributed by atoms with E-state index in [1.807, 2.05) is 37.3 Å². The second-order valence-corrected chi connectivity index (χ2v) is 5.40. The van der Waals surface area contributed by atoms with Gasteiger partial charge in [-0.1, -0.05) is 35.3 Å². The zero-order valence-corrected chi connectivity index (χ0v) is 12.4. The Morgan fingerprint density at radius 3 is 2.85 bits per heavy atom. The zero-order chi connectivity index (χ0) is 14.1. The highest BCUT2D eigenvalue weighted by atomic mass is 35.5. The van der Waals surface area contributed by atoms with Crippen molar-refractivity contribution in [3.63, 3.8) is 0 Å². The molecule has 0 atom stereocenters. The predicted molar refractivity (Wildman–Crippen MR) is 81.1 cm³/mol. The molecular formula is C15H13Cl2NO2. The summed E-state index contributed by atoms with van der Waals surface area (Å²) >= 11 is 12.3. The molecule has 0 saturated heterocycles. The standard InChI is InChI=1S/C15H13Cl2NO2/c1-9-5-12(17)13(6-11(9)16)18-7-10-3-2-4-14-15(10)20-8-19-14/h2-6,18H,7-8H2,1H3. The summed E-state index contributed by atoms with van der Waals surface area (Å²) in [6.07, 6.45) is 0. The van der Waals surface area contributed by atoms with Crippen LogP contribution >= 0.6 is 23.2 Å². The minimum Gasteiger partial charge on any atom is -0.454 e. The maximum Gasteiger partial charge on any atom is 0.231 e. The van der Waals surface area contributed by atoms with Gasteiger partial charge >= 0.3 is 0 Å². The second kappa shape index (κ2) is 5.43. The number of ether oxygens (including phenoxy) is 2. The molecule has 0 saturated carbocycles. The van der Waals surface area contributed by atoms with E-state index in [0.717, 1.165) is 28.3 Å². The van der Waals surface area contributed by atoms with Crippen molar-refractivity contribution in [2.75, 3.05) is 12.1 Å². The molecule has 1 N–H and O–H groups in total. The van der Waals surface area contributed by atoms with Crippen LogP contribution in [0.4, 0.5) is 5.69 Å². The van der Waals surface area contributed by atoms with E-state index in [0.29, 0.717) is 16.6 Å². The average molecular weight is 310 g/mol. The molecule has 1 heterocycles. The fourth-order valence-electron chi connectivity index (χ4n) is 2.10. The van der Waals surface area contributed by atoms with Crippen molar-refractivity contribution in [3.8, 4) is 11.5 Å². The SMILES string of the molecule is Cc1cc(Cl)c(NCc2cccc3c2OCO3)cc1Cl. The Balaban J connectivity index is 1.81. The van der Waals surface area contributed by atoms with Gasteiger partial charge in [-0.15, -0.1) is 0 Å². The molecule has 0 bridgehead atoms. The Bertz CT molecular complexity index is 659. The number of anilines is 1. The van der Waals surface area contributed by atoms with Crippen molar-refractivity contribution in [2.24, 2.45) is 0 Å². The highest BCUT2D eigenvalue weighted by Gasteiger charge is 2.17. The van der Waals surface area contributed by atoms with Crippen LogP contribution in [0, 0.1) is 6.92 Å². The van der Waals surface area contributed by atoms with Crippen LogP contribution in [0.5, 0.6) is 11.5 Å². The minimum absolute atomic E-state index is 0.267. The van der Waals surface area contributed by atoms with E-state index in [9.17, 15) is 0 Å². The summed E-state index contributed by atoms with van der Waals surface area (Å²) < 4.78 is 10.8.